The summed E-state index contributed by atoms with van der Waals surface area (Å²) in [5.41, 5.74) is 0.131. The average Bonchev–Trinajstić information content (AvgIpc) is 2.80. The fraction of sp³-hybridized carbons (Fsp3) is 0.938. The van der Waals surface area contributed by atoms with Crippen LogP contribution in [0, 0.1) is 28.6 Å². The molecule has 0 aliphatic heterocycles. The number of aliphatic carboxylic acids is 1. The molecule has 2 nitrogen and oxygen atoms in total. The molecule has 2 atom stereocenters. The van der Waals surface area contributed by atoms with Crippen LogP contribution in [0.3, 0.4) is 0 Å². The number of carboxylic acids is 1. The highest BCUT2D eigenvalue weighted by Gasteiger charge is 2.62. The lowest BCUT2D eigenvalue weighted by atomic mass is 9.41. The maximum Gasteiger partial charge on any atom is 0.309 e. The predicted octanol–water partition coefficient (Wildman–Crippen LogP) is 3.85. The highest BCUT2D eigenvalue weighted by atomic mass is 16.4. The predicted molar refractivity (Wildman–Crippen MR) is 69.1 cm³/mol. The minimum absolute atomic E-state index is 0.313. The van der Waals surface area contributed by atoms with Crippen LogP contribution in [0.15, 0.2) is 0 Å². The molecule has 0 aromatic carbocycles. The summed E-state index contributed by atoms with van der Waals surface area (Å²) in [6.45, 7) is 0. The minimum atomic E-state index is -0.473. The molecular formula is C16H24O2. The molecule has 0 aromatic rings. The number of rotatable bonds is 2. The molecule has 0 spiro atoms. The Bertz CT molecular complexity index is 367. The first-order valence-electron chi connectivity index (χ1n) is 7.85. The Labute approximate surface area is 109 Å². The van der Waals surface area contributed by atoms with Crippen molar-refractivity contribution in [1.29, 1.82) is 0 Å². The molecule has 0 aromatic heterocycles. The van der Waals surface area contributed by atoms with E-state index in [1.807, 2.05) is 0 Å². The summed E-state index contributed by atoms with van der Waals surface area (Å²) in [5.74, 6) is 1.87. The molecule has 0 heterocycles. The fourth-order valence-electron chi connectivity index (χ4n) is 6.60. The lowest BCUT2D eigenvalue weighted by molar-refractivity contribution is -0.181. The van der Waals surface area contributed by atoms with E-state index in [9.17, 15) is 9.90 Å². The molecule has 0 amide bonds. The van der Waals surface area contributed by atoms with E-state index in [-0.39, 0.29) is 5.41 Å². The van der Waals surface area contributed by atoms with Crippen LogP contribution >= 0.6 is 0 Å². The van der Waals surface area contributed by atoms with Crippen molar-refractivity contribution in [2.75, 3.05) is 0 Å². The molecule has 5 aliphatic carbocycles. The lowest BCUT2D eigenvalue weighted by Gasteiger charge is -2.62. The fourth-order valence-corrected chi connectivity index (χ4v) is 6.60. The Hall–Kier alpha value is -0.530. The van der Waals surface area contributed by atoms with Gasteiger partial charge in [-0.15, -0.1) is 0 Å². The van der Waals surface area contributed by atoms with Crippen LogP contribution in [-0.2, 0) is 4.79 Å². The first-order chi connectivity index (χ1) is 8.62. The average molecular weight is 248 g/mol. The second-order valence-electron chi connectivity index (χ2n) is 7.89. The molecule has 5 rings (SSSR count). The summed E-state index contributed by atoms with van der Waals surface area (Å²) in [4.78, 5) is 11.8. The van der Waals surface area contributed by atoms with E-state index in [2.05, 4.69) is 0 Å². The quantitative estimate of drug-likeness (QED) is 0.806. The standard InChI is InChI=1S/C16H24O2/c17-14(18)16-8-11-5-12(9-16)7-15(6-11,10-16)13-3-1-2-4-13/h11-13H,1-10H2,(H,17,18). The van der Waals surface area contributed by atoms with Crippen LogP contribution in [0.5, 0.6) is 0 Å². The van der Waals surface area contributed by atoms with Gasteiger partial charge in [-0.1, -0.05) is 12.8 Å². The van der Waals surface area contributed by atoms with Gasteiger partial charge in [0.25, 0.3) is 0 Å². The van der Waals surface area contributed by atoms with Gasteiger partial charge in [-0.3, -0.25) is 4.79 Å². The molecule has 0 saturated heterocycles. The largest absolute Gasteiger partial charge is 0.481 e. The number of carboxylic acid groups (broad SMARTS) is 1. The van der Waals surface area contributed by atoms with Crippen molar-refractivity contribution in [2.45, 2.75) is 64.2 Å². The normalized spacial score (nSPS) is 50.9. The van der Waals surface area contributed by atoms with E-state index in [4.69, 9.17) is 0 Å². The summed E-state index contributed by atoms with van der Waals surface area (Å²) in [5, 5.41) is 9.74. The maximum atomic E-state index is 11.8. The first-order valence-corrected chi connectivity index (χ1v) is 7.85. The van der Waals surface area contributed by atoms with Crippen LogP contribution in [0.25, 0.3) is 0 Å². The molecule has 18 heavy (non-hydrogen) atoms. The van der Waals surface area contributed by atoms with Gasteiger partial charge in [0.05, 0.1) is 5.41 Å². The molecule has 100 valence electrons. The zero-order valence-corrected chi connectivity index (χ0v) is 11.2. The van der Waals surface area contributed by atoms with Crippen molar-refractivity contribution in [2.24, 2.45) is 28.6 Å². The summed E-state index contributed by atoms with van der Waals surface area (Å²) >= 11 is 0. The SMILES string of the molecule is O=C(O)C12CC3CC(C1)CC(C1CCCC1)(C3)C2. The molecular weight excluding hydrogens is 224 g/mol. The van der Waals surface area contributed by atoms with Crippen molar-refractivity contribution in [1.82, 2.24) is 0 Å². The zero-order chi connectivity index (χ0) is 12.4. The van der Waals surface area contributed by atoms with Gasteiger partial charge in [-0.25, -0.2) is 0 Å². The van der Waals surface area contributed by atoms with E-state index < -0.39 is 5.97 Å². The van der Waals surface area contributed by atoms with Gasteiger partial charge in [0.15, 0.2) is 0 Å². The molecule has 0 radical (unpaired) electrons. The topological polar surface area (TPSA) is 37.3 Å². The summed E-state index contributed by atoms with van der Waals surface area (Å²) in [6, 6.07) is 0. The minimum Gasteiger partial charge on any atom is -0.481 e. The molecule has 5 aliphatic rings. The highest BCUT2D eigenvalue weighted by molar-refractivity contribution is 5.75. The first kappa shape index (κ1) is 11.3. The number of hydrogen-bond acceptors (Lipinski definition) is 1. The van der Waals surface area contributed by atoms with Crippen molar-refractivity contribution in [3.05, 3.63) is 0 Å². The van der Waals surface area contributed by atoms with Crippen LogP contribution in [0.1, 0.15) is 64.2 Å². The van der Waals surface area contributed by atoms with Gasteiger partial charge in [0.1, 0.15) is 0 Å². The van der Waals surface area contributed by atoms with Crippen molar-refractivity contribution in [3.63, 3.8) is 0 Å². The highest BCUT2D eigenvalue weighted by Crippen LogP contribution is 2.69. The Morgan fingerprint density at radius 3 is 2.17 bits per heavy atom. The molecule has 1 N–H and O–H groups in total. The monoisotopic (exact) mass is 248 g/mol. The Morgan fingerprint density at radius 1 is 1.00 bits per heavy atom. The third-order valence-corrected chi connectivity index (χ3v) is 6.78. The molecule has 2 heteroatoms. The van der Waals surface area contributed by atoms with E-state index in [1.165, 1.54) is 44.9 Å². The van der Waals surface area contributed by atoms with Crippen molar-refractivity contribution >= 4 is 5.97 Å². The lowest BCUT2D eigenvalue weighted by Crippen LogP contribution is -2.56. The van der Waals surface area contributed by atoms with Gasteiger partial charge >= 0.3 is 5.97 Å². The van der Waals surface area contributed by atoms with Crippen LogP contribution in [-0.4, -0.2) is 11.1 Å². The van der Waals surface area contributed by atoms with E-state index >= 15 is 0 Å². The molecule has 5 saturated carbocycles. The summed E-state index contributed by atoms with van der Waals surface area (Å²) < 4.78 is 0. The molecule has 4 bridgehead atoms. The summed E-state index contributed by atoms with van der Waals surface area (Å²) in [6.07, 6.45) is 12.6. The Kier molecular flexibility index (Phi) is 2.21. The third-order valence-electron chi connectivity index (χ3n) is 6.78. The number of hydrogen-bond donors (Lipinski definition) is 1. The van der Waals surface area contributed by atoms with Gasteiger partial charge in [-0.05, 0) is 74.5 Å². The number of carbonyl (C=O) groups is 1. The summed E-state index contributed by atoms with van der Waals surface area (Å²) in [7, 11) is 0. The molecule has 2 unspecified atom stereocenters. The van der Waals surface area contributed by atoms with Crippen LogP contribution < -0.4 is 0 Å². The van der Waals surface area contributed by atoms with Gasteiger partial charge in [-0.2, -0.15) is 0 Å². The van der Waals surface area contributed by atoms with Crippen LogP contribution in [0.4, 0.5) is 0 Å². The van der Waals surface area contributed by atoms with Crippen molar-refractivity contribution in [3.8, 4) is 0 Å². The van der Waals surface area contributed by atoms with Crippen molar-refractivity contribution < 1.29 is 9.90 Å². The van der Waals surface area contributed by atoms with Gasteiger partial charge < -0.3 is 5.11 Å². The zero-order valence-electron chi connectivity index (χ0n) is 11.2. The van der Waals surface area contributed by atoms with E-state index in [1.54, 1.807) is 0 Å². The van der Waals surface area contributed by atoms with Crippen LogP contribution in [0.2, 0.25) is 0 Å². The molecule has 5 fully saturated rings. The second kappa shape index (κ2) is 3.52. The van der Waals surface area contributed by atoms with Gasteiger partial charge in [0.2, 0.25) is 0 Å². The van der Waals surface area contributed by atoms with Gasteiger partial charge in [0, 0.05) is 0 Å². The second-order valence-corrected chi connectivity index (χ2v) is 7.89. The Balaban J connectivity index is 1.71. The maximum absolute atomic E-state index is 11.8. The third kappa shape index (κ3) is 1.38. The smallest absolute Gasteiger partial charge is 0.309 e. The van der Waals surface area contributed by atoms with E-state index in [0.29, 0.717) is 5.41 Å². The Morgan fingerprint density at radius 2 is 1.61 bits per heavy atom. The van der Waals surface area contributed by atoms with E-state index in [0.717, 1.165) is 37.0 Å².